The number of nitrogens with one attached hydrogen (secondary N) is 1. The number of ether oxygens (including phenoxy) is 1. The molecule has 1 heterocycles. The van der Waals surface area contributed by atoms with Gasteiger partial charge in [-0.25, -0.2) is 9.97 Å². The van der Waals surface area contributed by atoms with E-state index in [0.29, 0.717) is 18.2 Å². The smallest absolute Gasteiger partial charge is 0.272 e. The number of carbonyl (C=O) groups excluding carboxylic acids is 1. The number of benzene rings is 1. The summed E-state index contributed by atoms with van der Waals surface area (Å²) in [6.07, 6.45) is 3.48. The van der Waals surface area contributed by atoms with E-state index in [1.54, 1.807) is 19.4 Å². The Morgan fingerprint density at radius 1 is 1.12 bits per heavy atom. The van der Waals surface area contributed by atoms with E-state index in [2.05, 4.69) is 29.1 Å². The molecule has 6 nitrogen and oxygen atoms in total. The zero-order chi connectivity index (χ0) is 18.1. The second kappa shape index (κ2) is 9.61. The van der Waals surface area contributed by atoms with Gasteiger partial charge in [0.1, 0.15) is 11.4 Å². The van der Waals surface area contributed by atoms with Gasteiger partial charge in [0.25, 0.3) is 5.91 Å². The number of hydrogen-bond acceptors (Lipinski definition) is 5. The van der Waals surface area contributed by atoms with Crippen LogP contribution in [0, 0.1) is 0 Å². The minimum Gasteiger partial charge on any atom is -0.497 e. The van der Waals surface area contributed by atoms with Gasteiger partial charge in [0.05, 0.1) is 7.11 Å². The van der Waals surface area contributed by atoms with Crippen LogP contribution >= 0.6 is 0 Å². The van der Waals surface area contributed by atoms with E-state index in [9.17, 15) is 4.79 Å². The molecule has 1 amide bonds. The van der Waals surface area contributed by atoms with Gasteiger partial charge in [0, 0.05) is 25.8 Å². The number of aromatic nitrogens is 2. The molecule has 0 radical (unpaired) electrons. The number of anilines is 1. The fourth-order valence-corrected chi connectivity index (χ4v) is 2.50. The van der Waals surface area contributed by atoms with Gasteiger partial charge in [-0.2, -0.15) is 0 Å². The molecular formula is C19H26N4O2. The molecule has 0 spiro atoms. The van der Waals surface area contributed by atoms with Crippen molar-refractivity contribution in [3.8, 4) is 5.75 Å². The Balaban J connectivity index is 2.03. The topological polar surface area (TPSA) is 67.4 Å². The second-order valence-electron chi connectivity index (χ2n) is 5.76. The average molecular weight is 342 g/mol. The van der Waals surface area contributed by atoms with Crippen molar-refractivity contribution in [2.45, 2.75) is 33.2 Å². The lowest BCUT2D eigenvalue weighted by molar-refractivity contribution is 0.0749. The molecule has 2 aromatic rings. The molecule has 0 fully saturated rings. The van der Waals surface area contributed by atoms with Crippen LogP contribution in [0.25, 0.3) is 0 Å². The minimum atomic E-state index is -0.0430. The summed E-state index contributed by atoms with van der Waals surface area (Å²) in [7, 11) is 1.64. The lowest BCUT2D eigenvalue weighted by atomic mass is 10.2. The van der Waals surface area contributed by atoms with E-state index in [1.165, 1.54) is 0 Å². The summed E-state index contributed by atoms with van der Waals surface area (Å²) in [4.78, 5) is 23.0. The highest BCUT2D eigenvalue weighted by Gasteiger charge is 2.16. The molecule has 0 aliphatic rings. The van der Waals surface area contributed by atoms with Gasteiger partial charge in [0.15, 0.2) is 0 Å². The van der Waals surface area contributed by atoms with Crippen molar-refractivity contribution in [2.24, 2.45) is 0 Å². The third-order valence-corrected chi connectivity index (χ3v) is 3.76. The van der Waals surface area contributed by atoms with Gasteiger partial charge >= 0.3 is 0 Å². The molecule has 1 aromatic heterocycles. The molecule has 2 rings (SSSR count). The molecule has 134 valence electrons. The summed E-state index contributed by atoms with van der Waals surface area (Å²) in [5, 5.41) is 3.16. The SMILES string of the molecule is CCCN(CCC)C(=O)c1ccnc(NCc2ccc(OC)cc2)n1. The van der Waals surface area contributed by atoms with E-state index < -0.39 is 0 Å². The van der Waals surface area contributed by atoms with Crippen LogP contribution in [0.4, 0.5) is 5.95 Å². The monoisotopic (exact) mass is 342 g/mol. The first-order valence-electron chi connectivity index (χ1n) is 8.67. The maximum absolute atomic E-state index is 12.6. The van der Waals surface area contributed by atoms with Crippen LogP contribution in [-0.2, 0) is 6.54 Å². The molecule has 1 aromatic carbocycles. The summed E-state index contributed by atoms with van der Waals surface area (Å²) in [6, 6.07) is 9.44. The summed E-state index contributed by atoms with van der Waals surface area (Å²) >= 11 is 0. The summed E-state index contributed by atoms with van der Waals surface area (Å²) in [6.45, 7) is 6.20. The molecule has 0 unspecified atom stereocenters. The summed E-state index contributed by atoms with van der Waals surface area (Å²) in [5.41, 5.74) is 1.51. The molecule has 6 heteroatoms. The molecule has 0 aliphatic heterocycles. The number of carbonyl (C=O) groups is 1. The van der Waals surface area contributed by atoms with Crippen molar-refractivity contribution in [1.29, 1.82) is 0 Å². The van der Waals surface area contributed by atoms with Crippen molar-refractivity contribution >= 4 is 11.9 Å². The van der Waals surface area contributed by atoms with Crippen molar-refractivity contribution in [1.82, 2.24) is 14.9 Å². The van der Waals surface area contributed by atoms with Crippen molar-refractivity contribution < 1.29 is 9.53 Å². The van der Waals surface area contributed by atoms with Gasteiger partial charge < -0.3 is 15.0 Å². The number of hydrogen-bond donors (Lipinski definition) is 1. The molecular weight excluding hydrogens is 316 g/mol. The number of nitrogens with zero attached hydrogens (tertiary/aromatic N) is 3. The van der Waals surface area contributed by atoms with E-state index in [1.807, 2.05) is 29.2 Å². The number of rotatable bonds is 9. The van der Waals surface area contributed by atoms with Crippen LogP contribution in [-0.4, -0.2) is 41.0 Å². The van der Waals surface area contributed by atoms with Crippen LogP contribution in [0.1, 0.15) is 42.7 Å². The Hall–Kier alpha value is -2.63. The average Bonchev–Trinajstić information content (AvgIpc) is 2.66. The Morgan fingerprint density at radius 2 is 1.80 bits per heavy atom. The Morgan fingerprint density at radius 3 is 2.40 bits per heavy atom. The second-order valence-corrected chi connectivity index (χ2v) is 5.76. The van der Waals surface area contributed by atoms with Crippen LogP contribution in [0.3, 0.4) is 0 Å². The zero-order valence-electron chi connectivity index (χ0n) is 15.2. The Labute approximate surface area is 149 Å². The molecule has 0 saturated heterocycles. The highest BCUT2D eigenvalue weighted by molar-refractivity contribution is 5.92. The molecule has 0 aliphatic carbocycles. The molecule has 0 bridgehead atoms. The quantitative estimate of drug-likeness (QED) is 0.757. The largest absolute Gasteiger partial charge is 0.497 e. The Kier molecular flexibility index (Phi) is 7.19. The highest BCUT2D eigenvalue weighted by atomic mass is 16.5. The molecule has 0 saturated carbocycles. The molecule has 0 atom stereocenters. The van der Waals surface area contributed by atoms with Gasteiger partial charge in [-0.3, -0.25) is 4.79 Å². The first-order valence-corrected chi connectivity index (χ1v) is 8.67. The standard InChI is InChI=1S/C19H26N4O2/c1-4-12-23(13-5-2)18(24)17-10-11-20-19(22-17)21-14-15-6-8-16(25-3)9-7-15/h6-11H,4-5,12-14H2,1-3H3,(H,20,21,22). The lowest BCUT2D eigenvalue weighted by Crippen LogP contribution is -2.33. The fourth-order valence-electron chi connectivity index (χ4n) is 2.50. The van der Waals surface area contributed by atoms with Crippen LogP contribution in [0.5, 0.6) is 5.75 Å². The number of amides is 1. The fraction of sp³-hybridized carbons (Fsp3) is 0.421. The third kappa shape index (κ3) is 5.45. The first-order chi connectivity index (χ1) is 12.2. The predicted octanol–water partition coefficient (Wildman–Crippen LogP) is 3.36. The van der Waals surface area contributed by atoms with Crippen molar-refractivity contribution in [2.75, 3.05) is 25.5 Å². The third-order valence-electron chi connectivity index (χ3n) is 3.76. The lowest BCUT2D eigenvalue weighted by Gasteiger charge is -2.21. The van der Waals surface area contributed by atoms with Crippen LogP contribution in [0.15, 0.2) is 36.5 Å². The zero-order valence-corrected chi connectivity index (χ0v) is 15.2. The van der Waals surface area contributed by atoms with Gasteiger partial charge in [-0.15, -0.1) is 0 Å². The Bertz CT molecular complexity index is 667. The maximum Gasteiger partial charge on any atom is 0.272 e. The van der Waals surface area contributed by atoms with Crippen molar-refractivity contribution in [3.05, 3.63) is 47.8 Å². The van der Waals surface area contributed by atoms with E-state index in [0.717, 1.165) is 37.2 Å². The van der Waals surface area contributed by atoms with Gasteiger partial charge in [0.2, 0.25) is 5.95 Å². The molecule has 1 N–H and O–H groups in total. The van der Waals surface area contributed by atoms with Gasteiger partial charge in [-0.05, 0) is 36.6 Å². The van der Waals surface area contributed by atoms with E-state index >= 15 is 0 Å². The number of methoxy groups -OCH3 is 1. The molecule has 25 heavy (non-hydrogen) atoms. The highest BCUT2D eigenvalue weighted by Crippen LogP contribution is 2.12. The van der Waals surface area contributed by atoms with Crippen molar-refractivity contribution in [3.63, 3.8) is 0 Å². The van der Waals surface area contributed by atoms with Crippen LogP contribution in [0.2, 0.25) is 0 Å². The summed E-state index contributed by atoms with van der Waals surface area (Å²) < 4.78 is 5.15. The maximum atomic E-state index is 12.6. The predicted molar refractivity (Wildman–Crippen MR) is 98.8 cm³/mol. The van der Waals surface area contributed by atoms with E-state index in [-0.39, 0.29) is 5.91 Å². The normalized spacial score (nSPS) is 10.4. The van der Waals surface area contributed by atoms with E-state index in [4.69, 9.17) is 4.74 Å². The van der Waals surface area contributed by atoms with Gasteiger partial charge in [-0.1, -0.05) is 26.0 Å². The first kappa shape index (κ1) is 18.7. The summed E-state index contributed by atoms with van der Waals surface area (Å²) in [5.74, 6) is 1.23. The minimum absolute atomic E-state index is 0.0430. The van der Waals surface area contributed by atoms with Crippen LogP contribution < -0.4 is 10.1 Å².